The lowest BCUT2D eigenvalue weighted by Crippen LogP contribution is -1.98. The van der Waals surface area contributed by atoms with Crippen LogP contribution >= 0.6 is 0 Å². The Morgan fingerprint density at radius 1 is 0.700 bits per heavy atom. The van der Waals surface area contributed by atoms with Crippen LogP contribution in [0.4, 0.5) is 0 Å². The maximum absolute atomic E-state index is 5.16. The monoisotopic (exact) mass is 392 g/mol. The maximum atomic E-state index is 5.16. The third-order valence-electron chi connectivity index (χ3n) is 5.66. The van der Waals surface area contributed by atoms with Crippen molar-refractivity contribution in [3.05, 3.63) is 95.2 Å². The van der Waals surface area contributed by atoms with E-state index in [4.69, 9.17) is 9.97 Å². The van der Waals surface area contributed by atoms with Crippen LogP contribution in [0.2, 0.25) is 0 Å². The summed E-state index contributed by atoms with van der Waals surface area (Å²) in [6, 6.07) is 23.8. The zero-order valence-corrected chi connectivity index (χ0v) is 18.2. The van der Waals surface area contributed by atoms with Gasteiger partial charge in [-0.25, -0.2) is 4.98 Å². The van der Waals surface area contributed by atoms with Crippen molar-refractivity contribution < 1.29 is 0 Å². The Morgan fingerprint density at radius 3 is 1.97 bits per heavy atom. The first-order valence-electron chi connectivity index (χ1n) is 10.7. The summed E-state index contributed by atoms with van der Waals surface area (Å²) in [5.74, 6) is 0. The molecule has 0 radical (unpaired) electrons. The van der Waals surface area contributed by atoms with Crippen molar-refractivity contribution in [1.29, 1.82) is 0 Å². The molecule has 0 aliphatic heterocycles. The van der Waals surface area contributed by atoms with Gasteiger partial charge in [-0.2, -0.15) is 0 Å². The highest BCUT2D eigenvalue weighted by Crippen LogP contribution is 2.33. The molecule has 30 heavy (non-hydrogen) atoms. The van der Waals surface area contributed by atoms with E-state index in [0.29, 0.717) is 0 Å². The fourth-order valence-corrected chi connectivity index (χ4v) is 3.82. The van der Waals surface area contributed by atoms with Gasteiger partial charge in [-0.1, -0.05) is 67.9 Å². The summed E-state index contributed by atoms with van der Waals surface area (Å²) >= 11 is 0. The van der Waals surface area contributed by atoms with Gasteiger partial charge in [0.15, 0.2) is 0 Å². The van der Waals surface area contributed by atoms with Crippen molar-refractivity contribution >= 4 is 0 Å². The average Bonchev–Trinajstić information content (AvgIpc) is 2.80. The Kier molecular flexibility index (Phi) is 5.76. The van der Waals surface area contributed by atoms with Crippen molar-refractivity contribution in [2.24, 2.45) is 0 Å². The molecule has 1 aromatic heterocycles. The Hall–Kier alpha value is -3.26. The number of rotatable bonds is 5. The molecule has 0 atom stereocenters. The van der Waals surface area contributed by atoms with Gasteiger partial charge in [-0.15, -0.1) is 0 Å². The van der Waals surface area contributed by atoms with Crippen molar-refractivity contribution in [3.8, 4) is 33.8 Å². The van der Waals surface area contributed by atoms with Crippen LogP contribution in [0.3, 0.4) is 0 Å². The van der Waals surface area contributed by atoms with Gasteiger partial charge in [-0.05, 0) is 61.6 Å². The third-order valence-corrected chi connectivity index (χ3v) is 5.66. The molecule has 0 fully saturated rings. The largest absolute Gasteiger partial charge is 0.252 e. The van der Waals surface area contributed by atoms with Gasteiger partial charge < -0.3 is 0 Å². The highest BCUT2D eigenvalue weighted by molar-refractivity contribution is 5.80. The second-order valence-corrected chi connectivity index (χ2v) is 7.88. The van der Waals surface area contributed by atoms with E-state index in [1.165, 1.54) is 22.3 Å². The molecule has 0 amide bonds. The molecular formula is C28H28N2. The number of aryl methyl sites for hydroxylation is 4. The van der Waals surface area contributed by atoms with E-state index in [-0.39, 0.29) is 0 Å². The summed E-state index contributed by atoms with van der Waals surface area (Å²) in [7, 11) is 0. The van der Waals surface area contributed by atoms with Crippen molar-refractivity contribution in [3.63, 3.8) is 0 Å². The quantitative estimate of drug-likeness (QED) is 0.358. The summed E-state index contributed by atoms with van der Waals surface area (Å²) in [5.41, 5.74) is 11.2. The molecule has 0 N–H and O–H groups in total. The number of aromatic nitrogens is 2. The molecule has 0 bridgehead atoms. The molecule has 1 heterocycles. The Balaban J connectivity index is 1.95. The zero-order valence-electron chi connectivity index (χ0n) is 18.2. The van der Waals surface area contributed by atoms with Crippen molar-refractivity contribution in [1.82, 2.24) is 9.97 Å². The Morgan fingerprint density at radius 2 is 1.33 bits per heavy atom. The highest BCUT2D eigenvalue weighted by Gasteiger charge is 2.15. The minimum Gasteiger partial charge on any atom is -0.252 e. The van der Waals surface area contributed by atoms with Crippen LogP contribution in [-0.4, -0.2) is 9.97 Å². The summed E-state index contributed by atoms with van der Waals surface area (Å²) in [6.45, 7) is 8.61. The van der Waals surface area contributed by atoms with E-state index >= 15 is 0 Å². The van der Waals surface area contributed by atoms with Crippen LogP contribution in [0.15, 0.2) is 72.9 Å². The molecule has 4 aromatic rings. The lowest BCUT2D eigenvalue weighted by molar-refractivity contribution is 1.13. The van der Waals surface area contributed by atoms with Crippen molar-refractivity contribution in [2.75, 3.05) is 0 Å². The molecule has 4 rings (SSSR count). The zero-order chi connectivity index (χ0) is 21.1. The molecule has 0 saturated carbocycles. The molecule has 150 valence electrons. The minimum atomic E-state index is 0.920. The van der Waals surface area contributed by atoms with Gasteiger partial charge in [0, 0.05) is 16.7 Å². The fraction of sp³-hybridized carbons (Fsp3) is 0.214. The lowest BCUT2D eigenvalue weighted by Gasteiger charge is -2.14. The van der Waals surface area contributed by atoms with Gasteiger partial charge >= 0.3 is 0 Å². The first kappa shape index (κ1) is 20.0. The van der Waals surface area contributed by atoms with Gasteiger partial charge in [0.05, 0.1) is 23.3 Å². The normalized spacial score (nSPS) is 10.9. The predicted molar refractivity (Wildman–Crippen MR) is 127 cm³/mol. The van der Waals surface area contributed by atoms with Crippen LogP contribution in [0.5, 0.6) is 0 Å². The van der Waals surface area contributed by atoms with Crippen LogP contribution in [0, 0.1) is 13.8 Å². The third kappa shape index (κ3) is 4.04. The van der Waals surface area contributed by atoms with Crippen LogP contribution in [0.1, 0.15) is 36.1 Å². The molecule has 2 nitrogen and oxygen atoms in total. The van der Waals surface area contributed by atoms with E-state index in [9.17, 15) is 0 Å². The van der Waals surface area contributed by atoms with Gasteiger partial charge in [0.2, 0.25) is 0 Å². The lowest BCUT2D eigenvalue weighted by atomic mass is 9.98. The van der Waals surface area contributed by atoms with Gasteiger partial charge in [-0.3, -0.25) is 4.98 Å². The second kappa shape index (κ2) is 8.62. The molecule has 0 aliphatic carbocycles. The smallest absolute Gasteiger partial charge is 0.0972 e. The number of hydrogen-bond donors (Lipinski definition) is 0. The SMILES string of the molecule is CCc1cccc(-c2ncc(-c3cc(C)ccc3C)nc2-c2cccc(CC)c2)c1. The molecule has 2 heteroatoms. The molecule has 0 unspecified atom stereocenters. The average molecular weight is 393 g/mol. The standard InChI is InChI=1S/C28H28N2/c1-5-21-9-7-11-23(16-21)27-28(24-12-8-10-22(6-2)17-24)30-26(18-29-27)25-15-19(3)13-14-20(25)4/h7-18H,5-6H2,1-4H3. The van der Waals surface area contributed by atoms with E-state index in [1.807, 2.05) is 6.20 Å². The molecular weight excluding hydrogens is 364 g/mol. The molecule has 3 aromatic carbocycles. The first-order valence-corrected chi connectivity index (χ1v) is 10.7. The number of hydrogen-bond acceptors (Lipinski definition) is 2. The minimum absolute atomic E-state index is 0.920. The van der Waals surface area contributed by atoms with Crippen molar-refractivity contribution in [2.45, 2.75) is 40.5 Å². The summed E-state index contributed by atoms with van der Waals surface area (Å²) in [4.78, 5) is 10.1. The van der Waals surface area contributed by atoms with Crippen LogP contribution in [-0.2, 0) is 12.8 Å². The molecule has 0 saturated heterocycles. The molecule has 0 aliphatic rings. The molecule has 0 spiro atoms. The van der Waals surface area contributed by atoms with E-state index < -0.39 is 0 Å². The van der Waals surface area contributed by atoms with Crippen LogP contribution in [0.25, 0.3) is 33.8 Å². The van der Waals surface area contributed by atoms with Crippen LogP contribution < -0.4 is 0 Å². The summed E-state index contributed by atoms with van der Waals surface area (Å²) in [5, 5.41) is 0. The van der Waals surface area contributed by atoms with E-state index in [2.05, 4.69) is 94.4 Å². The number of benzene rings is 3. The van der Waals surface area contributed by atoms with Gasteiger partial charge in [0.1, 0.15) is 0 Å². The predicted octanol–water partition coefficient (Wildman–Crippen LogP) is 7.22. The second-order valence-electron chi connectivity index (χ2n) is 7.88. The van der Waals surface area contributed by atoms with Gasteiger partial charge in [0.25, 0.3) is 0 Å². The summed E-state index contributed by atoms with van der Waals surface area (Å²) in [6.07, 6.45) is 3.92. The Bertz CT molecular complexity index is 1190. The highest BCUT2D eigenvalue weighted by atomic mass is 14.8. The van der Waals surface area contributed by atoms with E-state index in [0.717, 1.165) is 46.6 Å². The fourth-order valence-electron chi connectivity index (χ4n) is 3.82. The summed E-state index contributed by atoms with van der Waals surface area (Å²) < 4.78 is 0. The maximum Gasteiger partial charge on any atom is 0.0972 e. The first-order chi connectivity index (χ1) is 14.6. The van der Waals surface area contributed by atoms with E-state index in [1.54, 1.807) is 0 Å². The number of nitrogens with zero attached hydrogens (tertiary/aromatic N) is 2. The topological polar surface area (TPSA) is 25.8 Å². The Labute approximate surface area is 179 Å².